The fourth-order valence-electron chi connectivity index (χ4n) is 7.73. The average Bonchev–Trinajstić information content (AvgIpc) is 2.81. The number of rotatable bonds is 0. The van der Waals surface area contributed by atoms with Crippen molar-refractivity contribution in [2.24, 2.45) is 28.6 Å². The molecule has 1 spiro atoms. The number of hydrogen-bond donors (Lipinski definition) is 1. The van der Waals surface area contributed by atoms with Gasteiger partial charge in [-0.25, -0.2) is 0 Å². The highest BCUT2D eigenvalue weighted by molar-refractivity contribution is 5.26. The number of allylic oxidation sites excluding steroid dienone is 1. The van der Waals surface area contributed by atoms with Crippen LogP contribution in [-0.2, 0) is 4.74 Å². The highest BCUT2D eigenvalue weighted by Crippen LogP contribution is 2.69. The van der Waals surface area contributed by atoms with Gasteiger partial charge in [-0.15, -0.1) is 0 Å². The zero-order chi connectivity index (χ0) is 15.9. The fourth-order valence-corrected chi connectivity index (χ4v) is 7.73. The summed E-state index contributed by atoms with van der Waals surface area (Å²) < 4.78 is 6.23. The first-order valence-corrected chi connectivity index (χ1v) is 10.0. The van der Waals surface area contributed by atoms with Gasteiger partial charge >= 0.3 is 0 Å². The van der Waals surface area contributed by atoms with Gasteiger partial charge in [-0.1, -0.05) is 25.5 Å². The molecule has 4 aliphatic carbocycles. The number of ether oxygens (including phenoxy) is 1. The van der Waals surface area contributed by atoms with Crippen LogP contribution in [0.25, 0.3) is 0 Å². The Kier molecular flexibility index (Phi) is 3.01. The van der Waals surface area contributed by atoms with E-state index in [4.69, 9.17) is 4.74 Å². The molecule has 0 amide bonds. The quantitative estimate of drug-likeness (QED) is 0.668. The molecule has 4 fully saturated rings. The lowest BCUT2D eigenvalue weighted by atomic mass is 9.46. The number of aliphatic hydroxyl groups is 1. The van der Waals surface area contributed by atoms with E-state index >= 15 is 0 Å². The normalized spacial score (nSPS) is 58.0. The second-order valence-corrected chi connectivity index (χ2v) is 9.74. The number of aliphatic hydroxyl groups excluding tert-OH is 1. The van der Waals surface area contributed by atoms with Gasteiger partial charge < -0.3 is 9.84 Å². The molecule has 2 heteroatoms. The third-order valence-corrected chi connectivity index (χ3v) is 9.25. The van der Waals surface area contributed by atoms with Crippen LogP contribution in [0.5, 0.6) is 0 Å². The molecule has 5 aliphatic rings. The third-order valence-electron chi connectivity index (χ3n) is 9.25. The Bertz CT molecular complexity index is 548. The zero-order valence-corrected chi connectivity index (χ0v) is 14.8. The van der Waals surface area contributed by atoms with Crippen molar-refractivity contribution in [1.29, 1.82) is 0 Å². The Labute approximate surface area is 140 Å². The van der Waals surface area contributed by atoms with Gasteiger partial charge in [0.2, 0.25) is 0 Å². The molecule has 1 saturated heterocycles. The molecule has 1 N–H and O–H groups in total. The van der Waals surface area contributed by atoms with Crippen LogP contribution in [0.3, 0.4) is 0 Å². The Balaban J connectivity index is 1.49. The summed E-state index contributed by atoms with van der Waals surface area (Å²) in [5.74, 6) is 2.58. The van der Waals surface area contributed by atoms with Crippen molar-refractivity contribution in [1.82, 2.24) is 0 Å². The Morgan fingerprint density at radius 1 is 1.04 bits per heavy atom. The van der Waals surface area contributed by atoms with Crippen molar-refractivity contribution in [3.05, 3.63) is 11.6 Å². The molecular weight excluding hydrogens is 284 g/mol. The molecule has 1 aliphatic heterocycles. The molecule has 0 aromatic rings. The molecule has 0 unspecified atom stereocenters. The van der Waals surface area contributed by atoms with Gasteiger partial charge in [0.05, 0.1) is 18.3 Å². The molecule has 3 saturated carbocycles. The predicted octanol–water partition coefficient (Wildman–Crippen LogP) is 4.47. The van der Waals surface area contributed by atoms with Crippen molar-refractivity contribution in [2.45, 2.75) is 83.3 Å². The first-order chi connectivity index (χ1) is 11.0. The summed E-state index contributed by atoms with van der Waals surface area (Å²) in [5.41, 5.74) is 2.65. The predicted molar refractivity (Wildman–Crippen MR) is 91.0 cm³/mol. The maximum atomic E-state index is 10.1. The molecular formula is C21H32O2. The molecule has 23 heavy (non-hydrogen) atoms. The summed E-state index contributed by atoms with van der Waals surface area (Å²) in [7, 11) is 0. The first kappa shape index (κ1) is 15.0. The van der Waals surface area contributed by atoms with Crippen LogP contribution in [0.2, 0.25) is 0 Å². The Morgan fingerprint density at radius 3 is 2.57 bits per heavy atom. The molecule has 1 heterocycles. The summed E-state index contributed by atoms with van der Waals surface area (Å²) >= 11 is 0. The summed E-state index contributed by atoms with van der Waals surface area (Å²) in [6.07, 6.45) is 13.6. The molecule has 2 nitrogen and oxygen atoms in total. The van der Waals surface area contributed by atoms with E-state index in [0.29, 0.717) is 10.8 Å². The van der Waals surface area contributed by atoms with Crippen LogP contribution in [0.1, 0.15) is 71.6 Å². The largest absolute Gasteiger partial charge is 0.393 e. The molecule has 5 rings (SSSR count). The minimum absolute atomic E-state index is 0.0853. The molecule has 0 radical (unpaired) electrons. The second kappa shape index (κ2) is 4.64. The van der Waals surface area contributed by atoms with Crippen LogP contribution in [0.4, 0.5) is 0 Å². The number of fused-ring (bicyclic) bond motifs is 6. The smallest absolute Gasteiger partial charge is 0.0760 e. The van der Waals surface area contributed by atoms with Crippen LogP contribution in [0, 0.1) is 28.6 Å². The maximum Gasteiger partial charge on any atom is 0.0760 e. The molecule has 128 valence electrons. The lowest BCUT2D eigenvalue weighted by Gasteiger charge is -2.61. The van der Waals surface area contributed by atoms with Gasteiger partial charge in [-0.05, 0) is 80.0 Å². The highest BCUT2D eigenvalue weighted by atomic mass is 16.5. The van der Waals surface area contributed by atoms with E-state index in [1.54, 1.807) is 5.57 Å². The van der Waals surface area contributed by atoms with Gasteiger partial charge in [0, 0.05) is 6.42 Å². The van der Waals surface area contributed by atoms with E-state index < -0.39 is 0 Å². The van der Waals surface area contributed by atoms with E-state index in [1.807, 2.05) is 0 Å². The van der Waals surface area contributed by atoms with E-state index in [2.05, 4.69) is 19.9 Å². The van der Waals surface area contributed by atoms with Gasteiger partial charge in [0.1, 0.15) is 0 Å². The molecule has 0 bridgehead atoms. The van der Waals surface area contributed by atoms with Crippen LogP contribution >= 0.6 is 0 Å². The highest BCUT2D eigenvalue weighted by Gasteiger charge is 2.66. The Hall–Kier alpha value is -0.340. The van der Waals surface area contributed by atoms with E-state index in [-0.39, 0.29) is 11.7 Å². The van der Waals surface area contributed by atoms with Crippen molar-refractivity contribution in [3.63, 3.8) is 0 Å². The van der Waals surface area contributed by atoms with Crippen LogP contribution < -0.4 is 0 Å². The summed E-state index contributed by atoms with van der Waals surface area (Å²) in [6, 6.07) is 0. The second-order valence-electron chi connectivity index (χ2n) is 9.74. The molecule has 7 atom stereocenters. The zero-order valence-electron chi connectivity index (χ0n) is 14.8. The van der Waals surface area contributed by atoms with Crippen molar-refractivity contribution in [2.75, 3.05) is 6.61 Å². The summed E-state index contributed by atoms with van der Waals surface area (Å²) in [6.45, 7) is 6.08. The van der Waals surface area contributed by atoms with Gasteiger partial charge in [0.15, 0.2) is 0 Å². The average molecular weight is 316 g/mol. The summed E-state index contributed by atoms with van der Waals surface area (Å²) in [5, 5.41) is 10.1. The van der Waals surface area contributed by atoms with Gasteiger partial charge in [0.25, 0.3) is 0 Å². The molecule has 0 aromatic carbocycles. The topological polar surface area (TPSA) is 29.5 Å². The fraction of sp³-hybridized carbons (Fsp3) is 0.905. The minimum Gasteiger partial charge on any atom is -0.393 e. The monoisotopic (exact) mass is 316 g/mol. The van der Waals surface area contributed by atoms with Crippen molar-refractivity contribution >= 4 is 0 Å². The maximum absolute atomic E-state index is 10.1. The lowest BCUT2D eigenvalue weighted by molar-refractivity contribution is -0.225. The standard InChI is InChI=1S/C21H32O2/c1-19-8-5-15(22)13-14(19)3-4-16-17(19)6-9-20(2)18(16)7-10-21(20)11-12-23-21/h3,15-18,22H,4-13H2,1-2H3/t15-,16+,17-,18-,19-,20-,21+/m0/s1. The molecule has 0 aromatic heterocycles. The SMILES string of the molecule is C[C@]12CC[C@H](O)CC1=CC[C@@H]1[C@@H]2CC[C@@]2(C)[C@H]1CC[C@@]21CCO1. The first-order valence-electron chi connectivity index (χ1n) is 10.0. The Morgan fingerprint density at radius 2 is 1.83 bits per heavy atom. The van der Waals surface area contributed by atoms with Crippen LogP contribution in [0.15, 0.2) is 11.6 Å². The van der Waals surface area contributed by atoms with Gasteiger partial charge in [-0.3, -0.25) is 0 Å². The van der Waals surface area contributed by atoms with Crippen molar-refractivity contribution < 1.29 is 9.84 Å². The van der Waals surface area contributed by atoms with E-state index in [1.165, 1.54) is 44.9 Å². The van der Waals surface area contributed by atoms with Crippen LogP contribution in [-0.4, -0.2) is 23.4 Å². The number of hydrogen-bond acceptors (Lipinski definition) is 2. The van der Waals surface area contributed by atoms with E-state index in [0.717, 1.165) is 37.2 Å². The lowest BCUT2D eigenvalue weighted by Crippen LogP contribution is -2.59. The van der Waals surface area contributed by atoms with Crippen molar-refractivity contribution in [3.8, 4) is 0 Å². The third kappa shape index (κ3) is 1.73. The van der Waals surface area contributed by atoms with E-state index in [9.17, 15) is 5.11 Å². The summed E-state index contributed by atoms with van der Waals surface area (Å²) in [4.78, 5) is 0. The minimum atomic E-state index is -0.0853. The van der Waals surface area contributed by atoms with Gasteiger partial charge in [-0.2, -0.15) is 0 Å².